The summed E-state index contributed by atoms with van der Waals surface area (Å²) in [7, 11) is 0. The average molecular weight is 347 g/mol. The van der Waals surface area contributed by atoms with E-state index in [0.717, 1.165) is 0 Å². The summed E-state index contributed by atoms with van der Waals surface area (Å²) in [6, 6.07) is 0. The summed E-state index contributed by atoms with van der Waals surface area (Å²) in [4.78, 5) is 0. The van der Waals surface area contributed by atoms with E-state index in [1.165, 1.54) is 0 Å². The molecule has 0 aromatic carbocycles. The van der Waals surface area contributed by atoms with Crippen LogP contribution in [0, 0.1) is 0 Å². The molecule has 0 aromatic rings. The van der Waals surface area contributed by atoms with Crippen molar-refractivity contribution in [1.29, 1.82) is 0 Å². The van der Waals surface area contributed by atoms with Gasteiger partial charge in [0.1, 0.15) is 0 Å². The van der Waals surface area contributed by atoms with Crippen molar-refractivity contribution >= 4 is 25.7 Å². The Morgan fingerprint density at radius 3 is 2.20 bits per heavy atom. The molecular weight excluding hydrogens is 330 g/mol. The Balaban J connectivity index is 2.51. The summed E-state index contributed by atoms with van der Waals surface area (Å²) in [6.45, 7) is 0. The van der Waals surface area contributed by atoms with Gasteiger partial charge in [-0.05, 0) is 0 Å². The predicted molar refractivity (Wildman–Crippen MR) is 56.9 cm³/mol. The molecule has 0 amide bonds. The van der Waals surface area contributed by atoms with Gasteiger partial charge in [-0.1, -0.05) is 0 Å². The zero-order valence-corrected chi connectivity index (χ0v) is 12.2. The van der Waals surface area contributed by atoms with Crippen molar-refractivity contribution in [2.24, 2.45) is 0 Å². The summed E-state index contributed by atoms with van der Waals surface area (Å²) in [5.74, 6) is 0. The molecule has 0 spiro atoms. The maximum atomic E-state index is 9.62. The van der Waals surface area contributed by atoms with Gasteiger partial charge in [0.2, 0.25) is 0 Å². The molecular formula is C8H17AsO5Se. The van der Waals surface area contributed by atoms with Gasteiger partial charge in [-0.25, -0.2) is 0 Å². The van der Waals surface area contributed by atoms with E-state index in [0.29, 0.717) is 18.3 Å². The second-order valence-electron chi connectivity index (χ2n) is 3.65. The van der Waals surface area contributed by atoms with Gasteiger partial charge >= 0.3 is 98.3 Å². The third kappa shape index (κ3) is 3.68. The minimum absolute atomic E-state index is 0.431. The molecule has 0 aromatic heterocycles. The van der Waals surface area contributed by atoms with E-state index in [9.17, 15) is 20.4 Å². The second-order valence-corrected chi connectivity index (χ2v) is 19.1. The van der Waals surface area contributed by atoms with Crippen molar-refractivity contribution in [3.63, 3.8) is 0 Å². The molecule has 7 heteroatoms. The number of hydrogen-bond acceptors (Lipinski definition) is 5. The number of aliphatic hydroxyl groups excluding tert-OH is 4. The van der Waals surface area contributed by atoms with E-state index in [1.54, 1.807) is 0 Å². The molecule has 0 radical (unpaired) electrons. The molecule has 5 atom stereocenters. The van der Waals surface area contributed by atoms with E-state index in [2.05, 4.69) is 11.4 Å². The van der Waals surface area contributed by atoms with Gasteiger partial charge < -0.3 is 0 Å². The van der Waals surface area contributed by atoms with Crippen LogP contribution < -0.4 is 0 Å². The Morgan fingerprint density at radius 2 is 1.67 bits per heavy atom. The van der Waals surface area contributed by atoms with Gasteiger partial charge in [0.05, 0.1) is 0 Å². The zero-order chi connectivity index (χ0) is 11.6. The first-order valence-corrected chi connectivity index (χ1v) is 14.3. The van der Waals surface area contributed by atoms with E-state index in [4.69, 9.17) is 4.74 Å². The van der Waals surface area contributed by atoms with Gasteiger partial charge in [0, 0.05) is 0 Å². The number of ether oxygens (including phenoxy) is 1. The molecule has 1 saturated heterocycles. The normalized spacial score (nSPS) is 42.2. The summed E-state index contributed by atoms with van der Waals surface area (Å²) in [5.41, 5.74) is 4.42. The molecule has 1 fully saturated rings. The van der Waals surface area contributed by atoms with E-state index < -0.39 is 43.5 Å². The number of hydrogen-bond donors (Lipinski definition) is 4. The van der Waals surface area contributed by atoms with Gasteiger partial charge in [0.15, 0.2) is 0 Å². The van der Waals surface area contributed by atoms with Crippen LogP contribution in [0.1, 0.15) is 0 Å². The van der Waals surface area contributed by atoms with Crippen LogP contribution in [0.2, 0.25) is 16.7 Å². The van der Waals surface area contributed by atoms with Gasteiger partial charge in [-0.3, -0.25) is 0 Å². The van der Waals surface area contributed by atoms with Crippen LogP contribution in [0.4, 0.5) is 0 Å². The van der Waals surface area contributed by atoms with Crippen LogP contribution in [0.25, 0.3) is 0 Å². The molecule has 0 aliphatic carbocycles. The van der Waals surface area contributed by atoms with Crippen molar-refractivity contribution in [2.75, 3.05) is 0 Å². The molecule has 0 saturated carbocycles. The first-order chi connectivity index (χ1) is 6.93. The Bertz CT molecular complexity index is 205. The maximum absolute atomic E-state index is 9.62. The quantitative estimate of drug-likeness (QED) is 0.451. The van der Waals surface area contributed by atoms with Crippen LogP contribution in [0.5, 0.6) is 0 Å². The SMILES string of the molecule is C[As](C)[Se]C[C@H]1O[C@@H](O)[C@H](O)[C@@H](O)[C@@H]1O. The van der Waals surface area contributed by atoms with E-state index in [1.807, 2.05) is 0 Å². The molecule has 0 bridgehead atoms. The summed E-state index contributed by atoms with van der Waals surface area (Å²) in [5, 5.41) is 38.3. The Morgan fingerprint density at radius 1 is 1.07 bits per heavy atom. The van der Waals surface area contributed by atoms with Crippen LogP contribution >= 0.6 is 0 Å². The Kier molecular flexibility index (Phi) is 5.56. The van der Waals surface area contributed by atoms with Crippen LogP contribution in [-0.2, 0) is 4.74 Å². The van der Waals surface area contributed by atoms with E-state index >= 15 is 0 Å². The number of rotatable bonds is 3. The third-order valence-electron chi connectivity index (χ3n) is 2.18. The van der Waals surface area contributed by atoms with Crippen LogP contribution in [0.3, 0.4) is 0 Å². The zero-order valence-electron chi connectivity index (χ0n) is 8.65. The molecule has 5 nitrogen and oxygen atoms in total. The molecule has 1 aliphatic heterocycles. The molecule has 1 heterocycles. The fraction of sp³-hybridized carbons (Fsp3) is 1.00. The van der Waals surface area contributed by atoms with Crippen molar-refractivity contribution in [3.8, 4) is 0 Å². The average Bonchev–Trinajstić information content (AvgIpc) is 2.18. The Labute approximate surface area is 98.3 Å². The summed E-state index contributed by atoms with van der Waals surface area (Å²) in [6.07, 6.45) is -5.77. The van der Waals surface area contributed by atoms with Crippen LogP contribution in [-0.4, -0.2) is 76.9 Å². The topological polar surface area (TPSA) is 90.2 Å². The van der Waals surface area contributed by atoms with Crippen LogP contribution in [0.15, 0.2) is 0 Å². The minimum atomic E-state index is -1.42. The Hall–Kier alpha value is 0.878. The van der Waals surface area contributed by atoms with E-state index in [-0.39, 0.29) is 0 Å². The van der Waals surface area contributed by atoms with Crippen molar-refractivity contribution < 1.29 is 25.2 Å². The summed E-state index contributed by atoms with van der Waals surface area (Å²) < 4.78 is 5.07. The molecule has 15 heavy (non-hydrogen) atoms. The first-order valence-electron chi connectivity index (χ1n) is 4.61. The fourth-order valence-corrected chi connectivity index (χ4v) is 7.66. The predicted octanol–water partition coefficient (Wildman–Crippen LogP) is -1.84. The second kappa shape index (κ2) is 5.99. The summed E-state index contributed by atoms with van der Waals surface area (Å²) >= 11 is -0.309. The first kappa shape index (κ1) is 13.9. The van der Waals surface area contributed by atoms with Crippen molar-refractivity contribution in [2.45, 2.75) is 47.4 Å². The van der Waals surface area contributed by atoms with Gasteiger partial charge in [-0.2, -0.15) is 0 Å². The molecule has 1 rings (SSSR count). The van der Waals surface area contributed by atoms with Crippen molar-refractivity contribution in [3.05, 3.63) is 0 Å². The van der Waals surface area contributed by atoms with Crippen molar-refractivity contribution in [1.82, 2.24) is 0 Å². The molecule has 1 aliphatic rings. The van der Waals surface area contributed by atoms with Gasteiger partial charge in [0.25, 0.3) is 0 Å². The molecule has 4 N–H and O–H groups in total. The molecule has 90 valence electrons. The monoisotopic (exact) mass is 348 g/mol. The fourth-order valence-electron chi connectivity index (χ4n) is 1.29. The standard InChI is InChI=1S/C8H17AsO5Se/c1-9(2)15-3-4-5(10)6(11)7(12)8(13)14-4/h4-8,10-13H,3H2,1-2H3/t4-,5-,6+,7-,8-/m1/s1. The third-order valence-corrected chi connectivity index (χ3v) is 11.5. The molecule has 0 unspecified atom stereocenters. The van der Waals surface area contributed by atoms with Gasteiger partial charge in [-0.15, -0.1) is 0 Å². The number of aliphatic hydroxyl groups is 4.